The van der Waals surface area contributed by atoms with Crippen LogP contribution in [0.1, 0.15) is 264 Å². The van der Waals surface area contributed by atoms with Crippen LogP contribution < -0.4 is 5.32 Å². The largest absolute Gasteiger partial charge is 0.394 e. The molecule has 1 amide bonds. The van der Waals surface area contributed by atoms with Crippen LogP contribution in [0, 0.1) is 0 Å². The SMILES string of the molecule is CC/C=C/CC/C=C/CCCC(O)C(O)C(CO)NC(=O)C(O)CCCCCCCCCCCCCCCCCC/C=C\CCCCCCCCCCCCCCCC. The van der Waals surface area contributed by atoms with E-state index in [4.69, 9.17) is 0 Å². The fourth-order valence-corrected chi connectivity index (χ4v) is 8.01. The van der Waals surface area contributed by atoms with Crippen LogP contribution in [0.25, 0.3) is 0 Å². The first-order valence-corrected chi connectivity index (χ1v) is 25.9. The summed E-state index contributed by atoms with van der Waals surface area (Å²) < 4.78 is 0. The molecule has 0 heterocycles. The Morgan fingerprint density at radius 1 is 0.424 bits per heavy atom. The van der Waals surface area contributed by atoms with Gasteiger partial charge in [-0.3, -0.25) is 4.79 Å². The summed E-state index contributed by atoms with van der Waals surface area (Å²) >= 11 is 0. The zero-order valence-corrected chi connectivity index (χ0v) is 39.3. The van der Waals surface area contributed by atoms with Gasteiger partial charge in [0.15, 0.2) is 0 Å². The Bertz CT molecular complexity index is 935. The first-order valence-electron chi connectivity index (χ1n) is 25.9. The lowest BCUT2D eigenvalue weighted by atomic mass is 10.00. The van der Waals surface area contributed by atoms with E-state index in [1.807, 2.05) is 0 Å². The van der Waals surface area contributed by atoms with Crippen molar-refractivity contribution in [3.8, 4) is 0 Å². The molecule has 0 aliphatic rings. The van der Waals surface area contributed by atoms with Crippen molar-refractivity contribution < 1.29 is 25.2 Å². The molecule has 0 aliphatic heterocycles. The Kier molecular flexibility index (Phi) is 46.4. The third-order valence-electron chi connectivity index (χ3n) is 12.1. The van der Waals surface area contributed by atoms with Gasteiger partial charge in [0.1, 0.15) is 12.2 Å². The zero-order valence-electron chi connectivity index (χ0n) is 39.3. The smallest absolute Gasteiger partial charge is 0.249 e. The standard InChI is InChI=1S/C53H101NO5/c1-3-5-7-9-11-13-14-15-16-17-18-19-20-21-22-23-24-25-26-27-28-29-30-31-32-33-34-35-36-37-39-41-43-45-47-51(57)53(59)54-49(48-55)52(58)50(56)46-44-42-40-38-12-10-8-6-4-2/h6,8,23-24,38,40,49-52,55-58H,3-5,7,9-22,25-37,39,41-48H2,1-2H3,(H,54,59)/b8-6+,24-23-,40-38+. The van der Waals surface area contributed by atoms with Gasteiger partial charge in [-0.25, -0.2) is 0 Å². The fraction of sp³-hybridized carbons (Fsp3) is 0.868. The van der Waals surface area contributed by atoms with Crippen molar-refractivity contribution in [3.63, 3.8) is 0 Å². The number of aliphatic hydroxyl groups is 4. The van der Waals surface area contributed by atoms with Gasteiger partial charge in [-0.1, -0.05) is 230 Å². The van der Waals surface area contributed by atoms with Gasteiger partial charge in [-0.05, 0) is 70.6 Å². The Hall–Kier alpha value is -1.47. The summed E-state index contributed by atoms with van der Waals surface area (Å²) in [6.07, 6.45) is 58.2. The van der Waals surface area contributed by atoms with Crippen LogP contribution in [0.3, 0.4) is 0 Å². The van der Waals surface area contributed by atoms with Crippen molar-refractivity contribution >= 4 is 5.91 Å². The van der Waals surface area contributed by atoms with Crippen molar-refractivity contribution in [2.75, 3.05) is 6.61 Å². The van der Waals surface area contributed by atoms with E-state index in [0.717, 1.165) is 44.9 Å². The molecule has 0 spiro atoms. The number of nitrogens with one attached hydrogen (secondary N) is 1. The second-order valence-electron chi connectivity index (χ2n) is 17.8. The summed E-state index contributed by atoms with van der Waals surface area (Å²) in [6, 6.07) is -1.01. The lowest BCUT2D eigenvalue weighted by molar-refractivity contribution is -0.132. The molecule has 0 saturated heterocycles. The predicted octanol–water partition coefficient (Wildman–Crippen LogP) is 14.5. The number of allylic oxidation sites excluding steroid dienone is 6. The average Bonchev–Trinajstić information content (AvgIpc) is 3.24. The zero-order chi connectivity index (χ0) is 43.1. The monoisotopic (exact) mass is 832 g/mol. The highest BCUT2D eigenvalue weighted by atomic mass is 16.3. The molecule has 0 aromatic heterocycles. The van der Waals surface area contributed by atoms with E-state index in [9.17, 15) is 25.2 Å². The molecule has 0 saturated carbocycles. The Balaban J connectivity index is 3.51. The number of amides is 1. The summed E-state index contributed by atoms with van der Waals surface area (Å²) in [5.74, 6) is -0.598. The highest BCUT2D eigenvalue weighted by Crippen LogP contribution is 2.17. The molecule has 0 bridgehead atoms. The number of unbranched alkanes of at least 4 members (excludes halogenated alkanes) is 32. The van der Waals surface area contributed by atoms with Crippen molar-refractivity contribution in [2.24, 2.45) is 0 Å². The third-order valence-corrected chi connectivity index (χ3v) is 12.1. The van der Waals surface area contributed by atoms with Crippen LogP contribution in [-0.2, 0) is 4.79 Å². The second kappa shape index (κ2) is 47.6. The van der Waals surface area contributed by atoms with Crippen LogP contribution in [0.4, 0.5) is 0 Å². The van der Waals surface area contributed by atoms with Crippen LogP contribution in [0.2, 0.25) is 0 Å². The maximum atomic E-state index is 12.5. The van der Waals surface area contributed by atoms with Gasteiger partial charge in [-0.2, -0.15) is 0 Å². The van der Waals surface area contributed by atoms with Crippen molar-refractivity contribution in [1.29, 1.82) is 0 Å². The molecule has 6 nitrogen and oxygen atoms in total. The molecule has 59 heavy (non-hydrogen) atoms. The van der Waals surface area contributed by atoms with Gasteiger partial charge >= 0.3 is 0 Å². The number of rotatable bonds is 47. The van der Waals surface area contributed by atoms with Gasteiger partial charge in [-0.15, -0.1) is 0 Å². The van der Waals surface area contributed by atoms with E-state index < -0.39 is 36.9 Å². The molecule has 5 N–H and O–H groups in total. The number of hydrogen-bond acceptors (Lipinski definition) is 5. The van der Waals surface area contributed by atoms with Crippen molar-refractivity contribution in [1.82, 2.24) is 5.32 Å². The van der Waals surface area contributed by atoms with E-state index in [2.05, 4.69) is 55.6 Å². The molecule has 0 rings (SSSR count). The molecule has 0 aromatic carbocycles. The quantitative estimate of drug-likeness (QED) is 0.0310. The minimum absolute atomic E-state index is 0.361. The third kappa shape index (κ3) is 41.6. The molecule has 6 heteroatoms. The van der Waals surface area contributed by atoms with Crippen LogP contribution in [-0.4, -0.2) is 57.3 Å². The van der Waals surface area contributed by atoms with E-state index >= 15 is 0 Å². The number of carbonyl (C=O) groups is 1. The number of hydrogen-bond donors (Lipinski definition) is 5. The highest BCUT2D eigenvalue weighted by Gasteiger charge is 2.28. The van der Waals surface area contributed by atoms with Crippen LogP contribution in [0.5, 0.6) is 0 Å². The molecular formula is C53H101NO5. The first-order chi connectivity index (χ1) is 29.0. The van der Waals surface area contributed by atoms with Gasteiger partial charge in [0, 0.05) is 0 Å². The van der Waals surface area contributed by atoms with Gasteiger partial charge < -0.3 is 25.7 Å². The summed E-state index contributed by atoms with van der Waals surface area (Å²) in [5.41, 5.74) is 0. The minimum Gasteiger partial charge on any atom is -0.394 e. The van der Waals surface area contributed by atoms with E-state index in [0.29, 0.717) is 19.3 Å². The second-order valence-corrected chi connectivity index (χ2v) is 17.8. The van der Waals surface area contributed by atoms with Gasteiger partial charge in [0.05, 0.1) is 18.8 Å². The van der Waals surface area contributed by atoms with Crippen molar-refractivity contribution in [2.45, 2.75) is 289 Å². The topological polar surface area (TPSA) is 110 Å². The van der Waals surface area contributed by atoms with Crippen LogP contribution in [0.15, 0.2) is 36.5 Å². The van der Waals surface area contributed by atoms with Crippen molar-refractivity contribution in [3.05, 3.63) is 36.5 Å². The predicted molar refractivity (Wildman–Crippen MR) is 256 cm³/mol. The summed E-state index contributed by atoms with van der Waals surface area (Å²) in [6.45, 7) is 3.91. The molecular weight excluding hydrogens is 731 g/mol. The van der Waals surface area contributed by atoms with Gasteiger partial charge in [0.25, 0.3) is 0 Å². The summed E-state index contributed by atoms with van der Waals surface area (Å²) in [4.78, 5) is 12.5. The Morgan fingerprint density at radius 2 is 0.763 bits per heavy atom. The molecule has 0 fully saturated rings. The Labute approximate surface area is 367 Å². The summed E-state index contributed by atoms with van der Waals surface area (Å²) in [5, 5.41) is 43.5. The molecule has 4 unspecified atom stereocenters. The lowest BCUT2D eigenvalue weighted by Crippen LogP contribution is -2.53. The lowest BCUT2D eigenvalue weighted by Gasteiger charge is -2.27. The van der Waals surface area contributed by atoms with Crippen LogP contribution >= 0.6 is 0 Å². The fourth-order valence-electron chi connectivity index (χ4n) is 8.01. The number of carbonyl (C=O) groups excluding carboxylic acids is 1. The van der Waals surface area contributed by atoms with Gasteiger partial charge in [0.2, 0.25) is 5.91 Å². The van der Waals surface area contributed by atoms with E-state index in [1.54, 1.807) is 0 Å². The molecule has 348 valence electrons. The maximum Gasteiger partial charge on any atom is 0.249 e. The molecule has 0 aromatic rings. The Morgan fingerprint density at radius 3 is 1.15 bits per heavy atom. The normalized spacial score (nSPS) is 14.2. The molecule has 0 radical (unpaired) electrons. The first kappa shape index (κ1) is 57.5. The maximum absolute atomic E-state index is 12.5. The molecule has 4 atom stereocenters. The average molecular weight is 832 g/mol. The minimum atomic E-state index is -1.29. The summed E-state index contributed by atoms with van der Waals surface area (Å²) in [7, 11) is 0. The number of aliphatic hydroxyl groups excluding tert-OH is 4. The molecule has 0 aliphatic carbocycles. The highest BCUT2D eigenvalue weighted by molar-refractivity contribution is 5.80. The van der Waals surface area contributed by atoms with E-state index in [-0.39, 0.29) is 0 Å². The van der Waals surface area contributed by atoms with E-state index in [1.165, 1.54) is 186 Å².